The summed E-state index contributed by atoms with van der Waals surface area (Å²) in [6.45, 7) is 0.354. The van der Waals surface area contributed by atoms with Crippen molar-refractivity contribution in [3.8, 4) is 5.75 Å². The first kappa shape index (κ1) is 22.4. The average Bonchev–Trinajstić information content (AvgIpc) is 3.05. The van der Waals surface area contributed by atoms with Crippen molar-refractivity contribution in [3.63, 3.8) is 0 Å². The zero-order valence-corrected chi connectivity index (χ0v) is 18.7. The average molecular weight is 464 g/mol. The molecule has 1 aliphatic heterocycles. The number of carbonyl (C=O) groups excluding carboxylic acids is 2. The molecular weight excluding hydrogens is 441 g/mol. The predicted molar refractivity (Wildman–Crippen MR) is 128 cm³/mol. The standard InChI is InChI=1S/C25H22FN3O3S/c1-32-21-13-7-17(8-14-21)16-28-22(15-23(30)27-19-11-9-18(26)10-12-19)24(31)29(25(28)33)20-5-3-2-4-6-20/h2-14,22H,15-16H2,1H3,(H,27,30)/t22-/m0/s1. The van der Waals surface area contributed by atoms with Crippen LogP contribution in [0.2, 0.25) is 0 Å². The van der Waals surface area contributed by atoms with Gasteiger partial charge in [-0.3, -0.25) is 14.5 Å². The maximum absolute atomic E-state index is 13.4. The zero-order valence-electron chi connectivity index (χ0n) is 17.9. The van der Waals surface area contributed by atoms with Gasteiger partial charge in [-0.1, -0.05) is 30.3 Å². The third kappa shape index (κ3) is 5.01. The molecule has 1 heterocycles. The molecule has 3 aromatic carbocycles. The topological polar surface area (TPSA) is 61.9 Å². The van der Waals surface area contributed by atoms with Gasteiger partial charge in [0.2, 0.25) is 5.91 Å². The lowest BCUT2D eigenvalue weighted by atomic mass is 10.1. The minimum atomic E-state index is -0.778. The summed E-state index contributed by atoms with van der Waals surface area (Å²) in [6, 6.07) is 21.3. The second-order valence-electron chi connectivity index (χ2n) is 7.54. The molecule has 8 heteroatoms. The zero-order chi connectivity index (χ0) is 23.4. The van der Waals surface area contributed by atoms with Crippen LogP contribution in [0.5, 0.6) is 5.75 Å². The van der Waals surface area contributed by atoms with Gasteiger partial charge in [-0.15, -0.1) is 0 Å². The lowest BCUT2D eigenvalue weighted by Crippen LogP contribution is -2.37. The van der Waals surface area contributed by atoms with E-state index in [-0.39, 0.29) is 18.2 Å². The van der Waals surface area contributed by atoms with Gasteiger partial charge in [0, 0.05) is 12.2 Å². The molecule has 168 valence electrons. The highest BCUT2D eigenvalue weighted by molar-refractivity contribution is 7.80. The number of rotatable bonds is 7. The molecule has 0 unspecified atom stereocenters. The molecule has 0 aromatic heterocycles. The highest BCUT2D eigenvalue weighted by Crippen LogP contribution is 2.29. The number of ether oxygens (including phenoxy) is 1. The minimum Gasteiger partial charge on any atom is -0.497 e. The van der Waals surface area contributed by atoms with E-state index in [4.69, 9.17) is 17.0 Å². The first-order valence-electron chi connectivity index (χ1n) is 10.3. The van der Waals surface area contributed by atoms with E-state index < -0.39 is 11.9 Å². The van der Waals surface area contributed by atoms with Crippen molar-refractivity contribution in [2.45, 2.75) is 19.0 Å². The second-order valence-corrected chi connectivity index (χ2v) is 7.91. The van der Waals surface area contributed by atoms with Crippen molar-refractivity contribution in [2.24, 2.45) is 0 Å². The molecule has 0 spiro atoms. The molecule has 0 bridgehead atoms. The van der Waals surface area contributed by atoms with Crippen LogP contribution in [0.4, 0.5) is 15.8 Å². The molecule has 6 nitrogen and oxygen atoms in total. The van der Waals surface area contributed by atoms with Gasteiger partial charge in [0.25, 0.3) is 5.91 Å². The van der Waals surface area contributed by atoms with Crippen molar-refractivity contribution >= 4 is 40.5 Å². The van der Waals surface area contributed by atoms with E-state index >= 15 is 0 Å². The highest BCUT2D eigenvalue weighted by Gasteiger charge is 2.44. The molecule has 33 heavy (non-hydrogen) atoms. The lowest BCUT2D eigenvalue weighted by Gasteiger charge is -2.24. The third-order valence-electron chi connectivity index (χ3n) is 5.35. The number of amides is 2. The van der Waals surface area contributed by atoms with Crippen molar-refractivity contribution < 1.29 is 18.7 Å². The van der Waals surface area contributed by atoms with Gasteiger partial charge >= 0.3 is 0 Å². The highest BCUT2D eigenvalue weighted by atomic mass is 32.1. The van der Waals surface area contributed by atoms with Crippen LogP contribution in [0.1, 0.15) is 12.0 Å². The predicted octanol–water partition coefficient (Wildman–Crippen LogP) is 4.37. The van der Waals surface area contributed by atoms with Crippen molar-refractivity contribution in [2.75, 3.05) is 17.3 Å². The van der Waals surface area contributed by atoms with E-state index in [1.54, 1.807) is 24.1 Å². The van der Waals surface area contributed by atoms with Crippen LogP contribution in [0.3, 0.4) is 0 Å². The number of nitrogens with zero attached hydrogens (tertiary/aromatic N) is 2. The van der Waals surface area contributed by atoms with E-state index in [0.29, 0.717) is 23.0 Å². The van der Waals surface area contributed by atoms with E-state index in [0.717, 1.165) is 11.3 Å². The third-order valence-corrected chi connectivity index (χ3v) is 5.77. The van der Waals surface area contributed by atoms with Crippen LogP contribution in [0.15, 0.2) is 78.9 Å². The lowest BCUT2D eigenvalue weighted by molar-refractivity contribution is -0.124. The molecule has 3 aromatic rings. The SMILES string of the molecule is COc1ccc(CN2C(=S)N(c3ccccc3)C(=O)[C@@H]2CC(=O)Nc2ccc(F)cc2)cc1. The van der Waals surface area contributed by atoms with Crippen LogP contribution in [-0.2, 0) is 16.1 Å². The summed E-state index contributed by atoms with van der Waals surface area (Å²) in [5, 5.41) is 3.06. The monoisotopic (exact) mass is 463 g/mol. The Morgan fingerprint density at radius 2 is 1.70 bits per heavy atom. The molecule has 1 fully saturated rings. The Morgan fingerprint density at radius 1 is 1.03 bits per heavy atom. The molecule has 1 aliphatic rings. The second kappa shape index (κ2) is 9.79. The number of thiocarbonyl (C=S) groups is 1. The summed E-state index contributed by atoms with van der Waals surface area (Å²) < 4.78 is 18.4. The van der Waals surface area contributed by atoms with Gasteiger partial charge in [-0.05, 0) is 66.3 Å². The molecular formula is C25H22FN3O3S. The number of hydrogen-bond donors (Lipinski definition) is 1. The first-order chi connectivity index (χ1) is 16.0. The molecule has 4 rings (SSSR count). The number of benzene rings is 3. The molecule has 1 saturated heterocycles. The Kier molecular flexibility index (Phi) is 6.65. The van der Waals surface area contributed by atoms with Crippen LogP contribution in [-0.4, -0.2) is 35.0 Å². The molecule has 1 N–H and O–H groups in total. The maximum atomic E-state index is 13.4. The fourth-order valence-electron chi connectivity index (χ4n) is 3.68. The number of hydrogen-bond acceptors (Lipinski definition) is 4. The summed E-state index contributed by atoms with van der Waals surface area (Å²) in [5.74, 6) is -0.306. The maximum Gasteiger partial charge on any atom is 0.256 e. The summed E-state index contributed by atoms with van der Waals surface area (Å²) in [6.07, 6.45) is -0.101. The van der Waals surface area contributed by atoms with Crippen LogP contribution < -0.4 is 15.0 Å². The van der Waals surface area contributed by atoms with Gasteiger partial charge in [-0.2, -0.15) is 0 Å². The number of anilines is 2. The van der Waals surface area contributed by atoms with E-state index in [2.05, 4.69) is 5.32 Å². The number of carbonyl (C=O) groups is 2. The van der Waals surface area contributed by atoms with Crippen molar-refractivity contribution in [1.29, 1.82) is 0 Å². The fraction of sp³-hybridized carbons (Fsp3) is 0.160. The molecule has 1 atom stereocenters. The van der Waals surface area contributed by atoms with Crippen molar-refractivity contribution in [3.05, 3.63) is 90.2 Å². The molecule has 2 amide bonds. The molecule has 0 aliphatic carbocycles. The van der Waals surface area contributed by atoms with Gasteiger partial charge in [0.05, 0.1) is 19.2 Å². The number of methoxy groups -OCH3 is 1. The Hall–Kier alpha value is -3.78. The Balaban J connectivity index is 1.58. The minimum absolute atomic E-state index is 0.101. The first-order valence-corrected chi connectivity index (χ1v) is 10.7. The van der Waals surface area contributed by atoms with Crippen molar-refractivity contribution in [1.82, 2.24) is 4.90 Å². The summed E-state index contributed by atoms with van der Waals surface area (Å²) in [7, 11) is 1.59. The largest absolute Gasteiger partial charge is 0.497 e. The number of halogens is 1. The van der Waals surface area contributed by atoms with Gasteiger partial charge < -0.3 is 15.0 Å². The number of nitrogens with one attached hydrogen (secondary N) is 1. The van der Waals surface area contributed by atoms with E-state index in [9.17, 15) is 14.0 Å². The van der Waals surface area contributed by atoms with E-state index in [1.165, 1.54) is 29.2 Å². The van der Waals surface area contributed by atoms with Crippen LogP contribution >= 0.6 is 12.2 Å². The van der Waals surface area contributed by atoms with Crippen LogP contribution in [0, 0.1) is 5.82 Å². The van der Waals surface area contributed by atoms with Gasteiger partial charge in [0.1, 0.15) is 17.6 Å². The summed E-state index contributed by atoms with van der Waals surface area (Å²) >= 11 is 5.68. The van der Waals surface area contributed by atoms with Gasteiger partial charge in [-0.25, -0.2) is 4.39 Å². The van der Waals surface area contributed by atoms with Crippen LogP contribution in [0.25, 0.3) is 0 Å². The Morgan fingerprint density at radius 3 is 2.33 bits per heavy atom. The molecule has 0 radical (unpaired) electrons. The normalized spacial score (nSPS) is 15.6. The fourth-order valence-corrected chi connectivity index (χ4v) is 4.06. The van der Waals surface area contributed by atoms with E-state index in [1.807, 2.05) is 42.5 Å². The molecule has 0 saturated carbocycles. The summed E-state index contributed by atoms with van der Waals surface area (Å²) in [4.78, 5) is 29.4. The Bertz CT molecular complexity index is 1150. The number of para-hydroxylation sites is 1. The summed E-state index contributed by atoms with van der Waals surface area (Å²) in [5.41, 5.74) is 2.02. The Labute approximate surface area is 196 Å². The smallest absolute Gasteiger partial charge is 0.256 e. The van der Waals surface area contributed by atoms with Gasteiger partial charge in [0.15, 0.2) is 5.11 Å². The quantitative estimate of drug-likeness (QED) is 0.528.